The standard InChI is InChI=1S/C19H19N5O4S2/c1-3-28-18(27)14-11(2)15(16(20)26)30-17(14)22-13(25)9-29-19-23-21-10-24(19)12-7-5-4-6-8-12/h4-8,10H,3,9H2,1-2H3,(H2,20,26)(H,22,25). The maximum absolute atomic E-state index is 12.5. The number of ether oxygens (including phenoxy) is 1. The number of nitrogens with zero attached hydrogens (tertiary/aromatic N) is 3. The summed E-state index contributed by atoms with van der Waals surface area (Å²) < 4.78 is 6.81. The number of hydrogen-bond donors (Lipinski definition) is 2. The quantitative estimate of drug-likeness (QED) is 0.403. The minimum Gasteiger partial charge on any atom is -0.462 e. The maximum atomic E-state index is 12.5. The van der Waals surface area contributed by atoms with Crippen LogP contribution in [-0.4, -0.2) is 44.9 Å². The van der Waals surface area contributed by atoms with Gasteiger partial charge in [0.2, 0.25) is 5.91 Å². The number of thioether (sulfide) groups is 1. The van der Waals surface area contributed by atoms with Gasteiger partial charge in [-0.05, 0) is 31.5 Å². The molecule has 0 unspecified atom stereocenters. The molecule has 0 spiro atoms. The summed E-state index contributed by atoms with van der Waals surface area (Å²) in [5.74, 6) is -1.64. The summed E-state index contributed by atoms with van der Waals surface area (Å²) >= 11 is 2.14. The second kappa shape index (κ2) is 9.55. The summed E-state index contributed by atoms with van der Waals surface area (Å²) in [4.78, 5) is 36.7. The molecule has 3 N–H and O–H groups in total. The number of nitrogens with one attached hydrogen (secondary N) is 1. The van der Waals surface area contributed by atoms with Crippen molar-refractivity contribution in [1.29, 1.82) is 0 Å². The predicted molar refractivity (Wildman–Crippen MR) is 114 cm³/mol. The lowest BCUT2D eigenvalue weighted by molar-refractivity contribution is -0.113. The van der Waals surface area contributed by atoms with Crippen LogP contribution in [0, 0.1) is 6.92 Å². The fraction of sp³-hybridized carbons (Fsp3) is 0.211. The number of hydrogen-bond acceptors (Lipinski definition) is 8. The van der Waals surface area contributed by atoms with Gasteiger partial charge in [0.1, 0.15) is 11.3 Å². The van der Waals surface area contributed by atoms with Crippen LogP contribution < -0.4 is 11.1 Å². The van der Waals surface area contributed by atoms with Crippen LogP contribution in [0.25, 0.3) is 5.69 Å². The molecule has 1 aromatic carbocycles. The van der Waals surface area contributed by atoms with E-state index in [9.17, 15) is 14.4 Å². The molecule has 0 atom stereocenters. The summed E-state index contributed by atoms with van der Waals surface area (Å²) in [7, 11) is 0. The van der Waals surface area contributed by atoms with Gasteiger partial charge in [0.05, 0.1) is 22.8 Å². The topological polar surface area (TPSA) is 129 Å². The van der Waals surface area contributed by atoms with Gasteiger partial charge in [0, 0.05) is 5.69 Å². The Hall–Kier alpha value is -3.18. The van der Waals surface area contributed by atoms with Crippen LogP contribution >= 0.6 is 23.1 Å². The minimum atomic E-state index is -0.672. The zero-order chi connectivity index (χ0) is 21.7. The number of primary amides is 1. The molecule has 0 bridgehead atoms. The molecular formula is C19H19N5O4S2. The second-order valence-electron chi connectivity index (χ2n) is 6.00. The number of nitrogens with two attached hydrogens (primary N) is 1. The number of thiophene rings is 1. The van der Waals surface area contributed by atoms with Crippen molar-refractivity contribution in [2.45, 2.75) is 19.0 Å². The number of para-hydroxylation sites is 1. The summed E-state index contributed by atoms with van der Waals surface area (Å²) in [5.41, 5.74) is 6.78. The smallest absolute Gasteiger partial charge is 0.341 e. The zero-order valence-electron chi connectivity index (χ0n) is 16.2. The van der Waals surface area contributed by atoms with E-state index in [0.717, 1.165) is 17.0 Å². The lowest BCUT2D eigenvalue weighted by Gasteiger charge is -2.08. The van der Waals surface area contributed by atoms with Gasteiger partial charge in [0.15, 0.2) is 5.16 Å². The summed E-state index contributed by atoms with van der Waals surface area (Å²) in [5, 5.41) is 11.4. The van der Waals surface area contributed by atoms with E-state index in [-0.39, 0.29) is 33.7 Å². The molecule has 2 amide bonds. The molecule has 9 nitrogen and oxygen atoms in total. The minimum absolute atomic E-state index is 0.0244. The summed E-state index contributed by atoms with van der Waals surface area (Å²) in [6.45, 7) is 3.43. The van der Waals surface area contributed by atoms with E-state index in [0.29, 0.717) is 10.7 Å². The number of anilines is 1. The molecule has 0 radical (unpaired) electrons. The van der Waals surface area contributed by atoms with Crippen LogP contribution in [-0.2, 0) is 9.53 Å². The fourth-order valence-electron chi connectivity index (χ4n) is 2.67. The van der Waals surface area contributed by atoms with Crippen molar-refractivity contribution < 1.29 is 19.1 Å². The third kappa shape index (κ3) is 4.69. The van der Waals surface area contributed by atoms with Gasteiger partial charge in [0.25, 0.3) is 5.91 Å². The molecule has 0 aliphatic rings. The van der Waals surface area contributed by atoms with Crippen LogP contribution in [0.2, 0.25) is 0 Å². The molecule has 0 aliphatic carbocycles. The monoisotopic (exact) mass is 445 g/mol. The number of rotatable bonds is 8. The number of amides is 2. The number of benzene rings is 1. The largest absolute Gasteiger partial charge is 0.462 e. The van der Waals surface area contributed by atoms with Crippen molar-refractivity contribution in [3.8, 4) is 5.69 Å². The van der Waals surface area contributed by atoms with Crippen molar-refractivity contribution in [3.63, 3.8) is 0 Å². The number of aromatic nitrogens is 3. The molecule has 0 fully saturated rings. The molecule has 30 heavy (non-hydrogen) atoms. The van der Waals surface area contributed by atoms with E-state index < -0.39 is 11.9 Å². The Morgan fingerprint density at radius 3 is 2.67 bits per heavy atom. The maximum Gasteiger partial charge on any atom is 0.341 e. The first kappa shape index (κ1) is 21.5. The van der Waals surface area contributed by atoms with Gasteiger partial charge in [-0.2, -0.15) is 0 Å². The van der Waals surface area contributed by atoms with Gasteiger partial charge in [-0.15, -0.1) is 21.5 Å². The molecule has 0 aliphatic heterocycles. The first-order valence-electron chi connectivity index (χ1n) is 8.90. The normalized spacial score (nSPS) is 10.6. The molecule has 3 aromatic rings. The summed E-state index contributed by atoms with van der Waals surface area (Å²) in [6, 6.07) is 9.49. The van der Waals surface area contributed by atoms with Crippen LogP contribution in [0.1, 0.15) is 32.5 Å². The Kier molecular flexibility index (Phi) is 6.85. The first-order valence-corrected chi connectivity index (χ1v) is 10.7. The van der Waals surface area contributed by atoms with Crippen LogP contribution in [0.3, 0.4) is 0 Å². The van der Waals surface area contributed by atoms with E-state index in [1.807, 2.05) is 30.3 Å². The number of carbonyl (C=O) groups excluding carboxylic acids is 3. The van der Waals surface area contributed by atoms with Crippen molar-refractivity contribution in [2.24, 2.45) is 5.73 Å². The van der Waals surface area contributed by atoms with Gasteiger partial charge in [-0.1, -0.05) is 30.0 Å². The Morgan fingerprint density at radius 1 is 1.27 bits per heavy atom. The van der Waals surface area contributed by atoms with E-state index in [4.69, 9.17) is 10.5 Å². The molecule has 2 heterocycles. The van der Waals surface area contributed by atoms with Crippen molar-refractivity contribution in [2.75, 3.05) is 17.7 Å². The van der Waals surface area contributed by atoms with E-state index >= 15 is 0 Å². The highest BCUT2D eigenvalue weighted by Gasteiger charge is 2.25. The van der Waals surface area contributed by atoms with Crippen molar-refractivity contribution in [1.82, 2.24) is 14.8 Å². The van der Waals surface area contributed by atoms with Gasteiger partial charge in [-0.3, -0.25) is 14.2 Å². The Morgan fingerprint density at radius 2 is 2.00 bits per heavy atom. The van der Waals surface area contributed by atoms with E-state index in [1.54, 1.807) is 24.7 Å². The van der Waals surface area contributed by atoms with E-state index in [2.05, 4.69) is 15.5 Å². The SMILES string of the molecule is CCOC(=O)c1c(NC(=O)CSc2nncn2-c2ccccc2)sc(C(N)=O)c1C. The van der Waals surface area contributed by atoms with E-state index in [1.165, 1.54) is 11.8 Å². The average molecular weight is 446 g/mol. The van der Waals surface area contributed by atoms with Crippen LogP contribution in [0.4, 0.5) is 5.00 Å². The highest BCUT2D eigenvalue weighted by atomic mass is 32.2. The molecule has 11 heteroatoms. The van der Waals surface area contributed by atoms with Crippen LogP contribution in [0.15, 0.2) is 41.8 Å². The van der Waals surface area contributed by atoms with Gasteiger partial charge < -0.3 is 15.8 Å². The molecule has 0 saturated carbocycles. The highest BCUT2D eigenvalue weighted by molar-refractivity contribution is 7.99. The third-order valence-corrected chi connectivity index (χ3v) is 6.15. The molecule has 2 aromatic heterocycles. The number of carbonyl (C=O) groups is 3. The molecule has 3 rings (SSSR count). The number of esters is 1. The van der Waals surface area contributed by atoms with Gasteiger partial charge in [-0.25, -0.2) is 4.79 Å². The average Bonchev–Trinajstić information content (AvgIpc) is 3.31. The lowest BCUT2D eigenvalue weighted by Crippen LogP contribution is -2.17. The highest BCUT2D eigenvalue weighted by Crippen LogP contribution is 2.33. The zero-order valence-corrected chi connectivity index (χ0v) is 17.9. The predicted octanol–water partition coefficient (Wildman–Crippen LogP) is 2.64. The molecular weight excluding hydrogens is 426 g/mol. The second-order valence-corrected chi connectivity index (χ2v) is 7.96. The Balaban J connectivity index is 1.75. The summed E-state index contributed by atoms with van der Waals surface area (Å²) in [6.07, 6.45) is 1.57. The first-order chi connectivity index (χ1) is 14.4. The third-order valence-electron chi connectivity index (χ3n) is 3.99. The molecule has 0 saturated heterocycles. The van der Waals surface area contributed by atoms with Crippen molar-refractivity contribution >= 4 is 45.9 Å². The Bertz CT molecular complexity index is 1080. The molecule has 156 valence electrons. The van der Waals surface area contributed by atoms with Gasteiger partial charge >= 0.3 is 5.97 Å². The fourth-order valence-corrected chi connectivity index (χ4v) is 4.46. The van der Waals surface area contributed by atoms with Crippen molar-refractivity contribution in [3.05, 3.63) is 52.7 Å². The Labute approximate surface area is 180 Å². The lowest BCUT2D eigenvalue weighted by atomic mass is 10.1. The van der Waals surface area contributed by atoms with Crippen LogP contribution in [0.5, 0.6) is 0 Å².